The van der Waals surface area contributed by atoms with Crippen LogP contribution < -0.4 is 0 Å². The van der Waals surface area contributed by atoms with Gasteiger partial charge in [-0.05, 0) is 50.6 Å². The van der Waals surface area contributed by atoms with E-state index in [0.717, 1.165) is 31.5 Å². The van der Waals surface area contributed by atoms with Crippen molar-refractivity contribution in [2.24, 2.45) is 0 Å². The molecule has 0 aromatic heterocycles. The van der Waals surface area contributed by atoms with E-state index in [2.05, 4.69) is 20.8 Å². The quantitative estimate of drug-likeness (QED) is 0.904. The van der Waals surface area contributed by atoms with Crippen LogP contribution in [0.25, 0.3) is 0 Å². The Morgan fingerprint density at radius 1 is 1.40 bits per heavy atom. The van der Waals surface area contributed by atoms with Crippen LogP contribution in [0.1, 0.15) is 38.2 Å². The number of benzene rings is 1. The first-order chi connectivity index (χ1) is 9.43. The molecule has 0 aliphatic carbocycles. The second-order valence-electron chi connectivity index (χ2n) is 5.52. The van der Waals surface area contributed by atoms with Crippen LogP contribution in [0.3, 0.4) is 0 Å². The average molecular weight is 344 g/mol. The van der Waals surface area contributed by atoms with Crippen molar-refractivity contribution in [3.63, 3.8) is 0 Å². The molecule has 1 aliphatic heterocycles. The molecule has 1 aliphatic rings. The topological polar surface area (TPSA) is 40.5 Å². The average Bonchev–Trinajstić information content (AvgIpc) is 2.38. The standard InChI is InChI=1S/C15H19BrFNO2/c1-15(10-14(19)20,18-7-3-2-4-8-18)12-6-5-11(17)9-13(12)16/h5-6,9H,2-4,7-8,10H2,1H3,(H,19,20). The number of carbonyl (C=O) groups is 1. The van der Waals surface area contributed by atoms with E-state index in [9.17, 15) is 14.3 Å². The summed E-state index contributed by atoms with van der Waals surface area (Å²) in [7, 11) is 0. The molecule has 0 radical (unpaired) electrons. The van der Waals surface area contributed by atoms with Crippen LogP contribution in [-0.4, -0.2) is 29.1 Å². The fourth-order valence-corrected chi connectivity index (χ4v) is 3.76. The molecule has 1 atom stereocenters. The van der Waals surface area contributed by atoms with Crippen molar-refractivity contribution >= 4 is 21.9 Å². The van der Waals surface area contributed by atoms with Gasteiger partial charge in [0.05, 0.1) is 12.0 Å². The number of rotatable bonds is 4. The Balaban J connectivity index is 2.41. The van der Waals surface area contributed by atoms with Crippen LogP contribution in [0.4, 0.5) is 4.39 Å². The highest BCUT2D eigenvalue weighted by molar-refractivity contribution is 9.10. The van der Waals surface area contributed by atoms with Gasteiger partial charge in [-0.3, -0.25) is 9.69 Å². The second kappa shape index (κ2) is 6.22. The van der Waals surface area contributed by atoms with Crippen LogP contribution in [0, 0.1) is 5.82 Å². The van der Waals surface area contributed by atoms with Crippen LogP contribution in [0.2, 0.25) is 0 Å². The third-order valence-electron chi connectivity index (χ3n) is 4.06. The Morgan fingerprint density at radius 3 is 2.60 bits per heavy atom. The van der Waals surface area contributed by atoms with E-state index in [1.165, 1.54) is 18.6 Å². The molecule has 1 saturated heterocycles. The van der Waals surface area contributed by atoms with Gasteiger partial charge < -0.3 is 5.11 Å². The van der Waals surface area contributed by atoms with E-state index >= 15 is 0 Å². The summed E-state index contributed by atoms with van der Waals surface area (Å²) in [5, 5.41) is 9.27. The molecule has 3 nitrogen and oxygen atoms in total. The summed E-state index contributed by atoms with van der Waals surface area (Å²) in [6, 6.07) is 4.49. The molecule has 1 aromatic carbocycles. The summed E-state index contributed by atoms with van der Waals surface area (Å²) in [5.74, 6) is -1.16. The Kier molecular flexibility index (Phi) is 4.81. The first-order valence-electron chi connectivity index (χ1n) is 6.86. The zero-order valence-electron chi connectivity index (χ0n) is 11.5. The molecule has 0 spiro atoms. The van der Waals surface area contributed by atoms with Gasteiger partial charge in [0.25, 0.3) is 0 Å². The lowest BCUT2D eigenvalue weighted by Crippen LogP contribution is -2.48. The lowest BCUT2D eigenvalue weighted by molar-refractivity contribution is -0.140. The molecule has 0 amide bonds. The van der Waals surface area contributed by atoms with Gasteiger partial charge >= 0.3 is 5.97 Å². The van der Waals surface area contributed by atoms with Gasteiger partial charge in [0.15, 0.2) is 0 Å². The largest absolute Gasteiger partial charge is 0.481 e. The SMILES string of the molecule is CC(CC(=O)O)(c1ccc(F)cc1Br)N1CCCCC1. The van der Waals surface area contributed by atoms with Gasteiger partial charge in [0.2, 0.25) is 0 Å². The minimum Gasteiger partial charge on any atom is -0.481 e. The van der Waals surface area contributed by atoms with Crippen molar-refractivity contribution in [3.05, 3.63) is 34.1 Å². The molecular formula is C15H19BrFNO2. The second-order valence-corrected chi connectivity index (χ2v) is 6.37. The Morgan fingerprint density at radius 2 is 2.05 bits per heavy atom. The zero-order chi connectivity index (χ0) is 14.8. The minimum absolute atomic E-state index is 0.0111. The summed E-state index contributed by atoms with van der Waals surface area (Å²) < 4.78 is 13.9. The maximum absolute atomic E-state index is 13.3. The smallest absolute Gasteiger partial charge is 0.305 e. The lowest BCUT2D eigenvalue weighted by atomic mass is 9.85. The van der Waals surface area contributed by atoms with Crippen molar-refractivity contribution in [1.29, 1.82) is 0 Å². The van der Waals surface area contributed by atoms with E-state index < -0.39 is 11.5 Å². The minimum atomic E-state index is -0.839. The van der Waals surface area contributed by atoms with Gasteiger partial charge in [-0.1, -0.05) is 28.4 Å². The molecular weight excluding hydrogens is 325 g/mol. The first-order valence-corrected chi connectivity index (χ1v) is 7.65. The first kappa shape index (κ1) is 15.4. The lowest BCUT2D eigenvalue weighted by Gasteiger charge is -2.43. The predicted molar refractivity (Wildman–Crippen MR) is 79.1 cm³/mol. The van der Waals surface area contributed by atoms with Crippen molar-refractivity contribution < 1.29 is 14.3 Å². The summed E-state index contributed by atoms with van der Waals surface area (Å²) in [4.78, 5) is 13.5. The fraction of sp³-hybridized carbons (Fsp3) is 0.533. The molecule has 1 aromatic rings. The van der Waals surface area contributed by atoms with Gasteiger partial charge in [0.1, 0.15) is 5.82 Å². The van der Waals surface area contributed by atoms with Crippen molar-refractivity contribution in [2.45, 2.75) is 38.1 Å². The molecule has 0 saturated carbocycles. The molecule has 20 heavy (non-hydrogen) atoms. The molecule has 1 unspecified atom stereocenters. The highest BCUT2D eigenvalue weighted by Crippen LogP contribution is 2.38. The number of hydrogen-bond acceptors (Lipinski definition) is 2. The van der Waals surface area contributed by atoms with Crippen LogP contribution in [-0.2, 0) is 10.3 Å². The Bertz CT molecular complexity index is 503. The monoisotopic (exact) mass is 343 g/mol. The van der Waals surface area contributed by atoms with Crippen molar-refractivity contribution in [2.75, 3.05) is 13.1 Å². The Hall–Kier alpha value is -0.940. The number of piperidine rings is 1. The molecule has 0 bridgehead atoms. The number of likely N-dealkylation sites (tertiary alicyclic amines) is 1. The number of hydrogen-bond donors (Lipinski definition) is 1. The predicted octanol–water partition coefficient (Wildman–Crippen LogP) is 3.76. The van der Waals surface area contributed by atoms with Crippen LogP contribution in [0.5, 0.6) is 0 Å². The molecule has 2 rings (SSSR count). The number of halogens is 2. The fourth-order valence-electron chi connectivity index (χ4n) is 2.99. The third-order valence-corrected chi connectivity index (χ3v) is 4.72. The highest BCUT2D eigenvalue weighted by Gasteiger charge is 2.38. The van der Waals surface area contributed by atoms with Crippen LogP contribution >= 0.6 is 15.9 Å². The van der Waals surface area contributed by atoms with E-state index in [-0.39, 0.29) is 12.2 Å². The summed E-state index contributed by atoms with van der Waals surface area (Å²) in [6.45, 7) is 3.70. The molecule has 5 heteroatoms. The van der Waals surface area contributed by atoms with E-state index in [0.29, 0.717) is 4.47 Å². The third kappa shape index (κ3) is 3.20. The van der Waals surface area contributed by atoms with Crippen molar-refractivity contribution in [1.82, 2.24) is 4.90 Å². The van der Waals surface area contributed by atoms with Gasteiger partial charge in [-0.25, -0.2) is 4.39 Å². The summed E-state index contributed by atoms with van der Waals surface area (Å²) >= 11 is 3.38. The zero-order valence-corrected chi connectivity index (χ0v) is 13.1. The summed E-state index contributed by atoms with van der Waals surface area (Å²) in [6.07, 6.45) is 3.35. The van der Waals surface area contributed by atoms with Gasteiger partial charge in [0, 0.05) is 4.47 Å². The Labute approximate surface area is 126 Å². The molecule has 1 heterocycles. The van der Waals surface area contributed by atoms with E-state index in [1.54, 1.807) is 6.07 Å². The number of aliphatic carboxylic acids is 1. The molecule has 1 N–H and O–H groups in total. The van der Waals surface area contributed by atoms with Gasteiger partial charge in [-0.15, -0.1) is 0 Å². The molecule has 110 valence electrons. The summed E-state index contributed by atoms with van der Waals surface area (Å²) in [5.41, 5.74) is 0.224. The highest BCUT2D eigenvalue weighted by atomic mass is 79.9. The number of nitrogens with zero attached hydrogens (tertiary/aromatic N) is 1. The molecule has 1 fully saturated rings. The maximum Gasteiger partial charge on any atom is 0.305 e. The number of carboxylic acid groups (broad SMARTS) is 1. The normalized spacial score (nSPS) is 19.6. The van der Waals surface area contributed by atoms with Gasteiger partial charge in [-0.2, -0.15) is 0 Å². The van der Waals surface area contributed by atoms with E-state index in [4.69, 9.17) is 0 Å². The maximum atomic E-state index is 13.3. The number of carboxylic acids is 1. The van der Waals surface area contributed by atoms with Crippen molar-refractivity contribution in [3.8, 4) is 0 Å². The van der Waals surface area contributed by atoms with Crippen LogP contribution in [0.15, 0.2) is 22.7 Å². The van der Waals surface area contributed by atoms with E-state index in [1.807, 2.05) is 6.92 Å².